The first-order valence-electron chi connectivity index (χ1n) is 12.6. The highest BCUT2D eigenvalue weighted by Gasteiger charge is 2.04. The van der Waals surface area contributed by atoms with Crippen LogP contribution in [-0.2, 0) is 14.2 Å². The van der Waals surface area contributed by atoms with E-state index in [0.717, 1.165) is 76.2 Å². The standard InChI is InChI=1S/C26H54O3/c1-23(2)11-7-13-25(5)15-21-28-19-9-17-27-18-10-20-29-22-16-26(6)14-8-12-24(3)4/h23-26H,7-22H2,1-6H3. The average Bonchev–Trinajstić information content (AvgIpc) is 2.64. The minimum Gasteiger partial charge on any atom is -0.381 e. The molecule has 2 unspecified atom stereocenters. The zero-order chi connectivity index (χ0) is 21.7. The maximum absolute atomic E-state index is 5.75. The molecule has 176 valence electrons. The van der Waals surface area contributed by atoms with Gasteiger partial charge in [-0.3, -0.25) is 0 Å². The van der Waals surface area contributed by atoms with Crippen molar-refractivity contribution in [2.75, 3.05) is 39.6 Å². The van der Waals surface area contributed by atoms with Gasteiger partial charge in [0.2, 0.25) is 0 Å². The van der Waals surface area contributed by atoms with Crippen molar-refractivity contribution in [2.24, 2.45) is 23.7 Å². The lowest BCUT2D eigenvalue weighted by Crippen LogP contribution is -2.08. The van der Waals surface area contributed by atoms with E-state index in [-0.39, 0.29) is 0 Å². The highest BCUT2D eigenvalue weighted by molar-refractivity contribution is 4.56. The Morgan fingerprint density at radius 2 is 0.724 bits per heavy atom. The van der Waals surface area contributed by atoms with Crippen molar-refractivity contribution in [1.82, 2.24) is 0 Å². The molecule has 0 aromatic rings. The highest BCUT2D eigenvalue weighted by atomic mass is 16.5. The molecule has 0 aliphatic rings. The van der Waals surface area contributed by atoms with Gasteiger partial charge in [0.1, 0.15) is 0 Å². The molecule has 0 aromatic heterocycles. The largest absolute Gasteiger partial charge is 0.381 e. The number of ether oxygens (including phenoxy) is 3. The lowest BCUT2D eigenvalue weighted by Gasteiger charge is -2.13. The van der Waals surface area contributed by atoms with Crippen LogP contribution in [0.5, 0.6) is 0 Å². The van der Waals surface area contributed by atoms with Crippen LogP contribution in [0, 0.1) is 23.7 Å². The van der Waals surface area contributed by atoms with Crippen LogP contribution in [0.2, 0.25) is 0 Å². The van der Waals surface area contributed by atoms with Gasteiger partial charge in [-0.1, -0.05) is 80.1 Å². The summed E-state index contributed by atoms with van der Waals surface area (Å²) in [4.78, 5) is 0. The van der Waals surface area contributed by atoms with Gasteiger partial charge in [-0.2, -0.15) is 0 Å². The molecule has 3 heteroatoms. The smallest absolute Gasteiger partial charge is 0.0488 e. The summed E-state index contributed by atoms with van der Waals surface area (Å²) in [6, 6.07) is 0. The van der Waals surface area contributed by atoms with Crippen molar-refractivity contribution in [2.45, 2.75) is 106 Å². The van der Waals surface area contributed by atoms with E-state index < -0.39 is 0 Å². The molecule has 0 rings (SSSR count). The Kier molecular flexibility index (Phi) is 21.0. The van der Waals surface area contributed by atoms with Crippen LogP contribution in [0.15, 0.2) is 0 Å². The van der Waals surface area contributed by atoms with Gasteiger partial charge in [-0.25, -0.2) is 0 Å². The molecule has 0 aliphatic heterocycles. The maximum atomic E-state index is 5.75. The van der Waals surface area contributed by atoms with Gasteiger partial charge in [0.05, 0.1) is 0 Å². The van der Waals surface area contributed by atoms with Crippen molar-refractivity contribution in [1.29, 1.82) is 0 Å². The summed E-state index contributed by atoms with van der Waals surface area (Å²) in [7, 11) is 0. The van der Waals surface area contributed by atoms with Gasteiger partial charge in [-0.15, -0.1) is 0 Å². The van der Waals surface area contributed by atoms with Crippen LogP contribution in [0.1, 0.15) is 106 Å². The van der Waals surface area contributed by atoms with Crippen molar-refractivity contribution in [3.8, 4) is 0 Å². The first-order chi connectivity index (χ1) is 13.9. The van der Waals surface area contributed by atoms with Crippen molar-refractivity contribution in [3.05, 3.63) is 0 Å². The molecule has 29 heavy (non-hydrogen) atoms. The second-order valence-corrected chi connectivity index (χ2v) is 9.98. The molecule has 0 aromatic carbocycles. The third kappa shape index (κ3) is 24.0. The molecule has 0 heterocycles. The minimum atomic E-state index is 0.785. The first-order valence-corrected chi connectivity index (χ1v) is 12.6. The third-order valence-electron chi connectivity index (χ3n) is 5.62. The molecular weight excluding hydrogens is 360 g/mol. The van der Waals surface area contributed by atoms with Gasteiger partial charge >= 0.3 is 0 Å². The second kappa shape index (κ2) is 21.1. The van der Waals surface area contributed by atoms with E-state index in [4.69, 9.17) is 14.2 Å². The highest BCUT2D eigenvalue weighted by Crippen LogP contribution is 2.16. The van der Waals surface area contributed by atoms with E-state index in [1.54, 1.807) is 0 Å². The SMILES string of the molecule is CC(C)CCCC(C)CCOCCCOCCCOCCC(C)CCCC(C)C. The summed E-state index contributed by atoms with van der Waals surface area (Å²) < 4.78 is 17.2. The molecule has 2 atom stereocenters. The van der Waals surface area contributed by atoms with Crippen LogP contribution < -0.4 is 0 Å². The molecular formula is C26H54O3. The Balaban J connectivity index is 3.20. The Hall–Kier alpha value is -0.120. The van der Waals surface area contributed by atoms with Crippen LogP contribution in [-0.4, -0.2) is 39.6 Å². The van der Waals surface area contributed by atoms with E-state index in [1.807, 2.05) is 0 Å². The zero-order valence-corrected chi connectivity index (χ0v) is 20.8. The van der Waals surface area contributed by atoms with Crippen LogP contribution in [0.3, 0.4) is 0 Å². The Morgan fingerprint density at radius 3 is 1.07 bits per heavy atom. The number of hydrogen-bond donors (Lipinski definition) is 0. The average molecular weight is 415 g/mol. The molecule has 0 radical (unpaired) electrons. The summed E-state index contributed by atoms with van der Waals surface area (Å²) in [6.45, 7) is 19.0. The molecule has 0 bridgehead atoms. The lowest BCUT2D eigenvalue weighted by atomic mass is 9.98. The van der Waals surface area contributed by atoms with Crippen molar-refractivity contribution >= 4 is 0 Å². The van der Waals surface area contributed by atoms with Crippen LogP contribution in [0.4, 0.5) is 0 Å². The number of hydrogen-bond acceptors (Lipinski definition) is 3. The van der Waals surface area contributed by atoms with Gasteiger partial charge < -0.3 is 14.2 Å². The Bertz CT molecular complexity index is 287. The summed E-state index contributed by atoms with van der Waals surface area (Å²) >= 11 is 0. The molecule has 0 aliphatic carbocycles. The van der Waals surface area contributed by atoms with Gasteiger partial charge in [0.25, 0.3) is 0 Å². The Labute approximate surface area is 183 Å². The monoisotopic (exact) mass is 414 g/mol. The third-order valence-corrected chi connectivity index (χ3v) is 5.62. The summed E-state index contributed by atoms with van der Waals surface area (Å²) in [5.74, 6) is 3.23. The lowest BCUT2D eigenvalue weighted by molar-refractivity contribution is 0.0584. The molecule has 3 nitrogen and oxygen atoms in total. The van der Waals surface area contributed by atoms with Crippen molar-refractivity contribution in [3.63, 3.8) is 0 Å². The Morgan fingerprint density at radius 1 is 0.379 bits per heavy atom. The van der Waals surface area contributed by atoms with Gasteiger partial charge in [0, 0.05) is 39.6 Å². The van der Waals surface area contributed by atoms with Crippen molar-refractivity contribution < 1.29 is 14.2 Å². The van der Waals surface area contributed by atoms with E-state index in [9.17, 15) is 0 Å². The topological polar surface area (TPSA) is 27.7 Å². The van der Waals surface area contributed by atoms with Crippen LogP contribution >= 0.6 is 0 Å². The van der Waals surface area contributed by atoms with Crippen LogP contribution in [0.25, 0.3) is 0 Å². The fourth-order valence-corrected chi connectivity index (χ4v) is 3.44. The van der Waals surface area contributed by atoms with E-state index in [0.29, 0.717) is 0 Å². The maximum Gasteiger partial charge on any atom is 0.0488 e. The van der Waals surface area contributed by atoms with E-state index >= 15 is 0 Å². The first kappa shape index (κ1) is 28.9. The fraction of sp³-hybridized carbons (Fsp3) is 1.00. The zero-order valence-electron chi connectivity index (χ0n) is 20.8. The molecule has 0 amide bonds. The molecule has 0 saturated heterocycles. The van der Waals surface area contributed by atoms with Gasteiger partial charge in [-0.05, 0) is 49.4 Å². The summed E-state index contributed by atoms with van der Waals surface area (Å²) in [5, 5.41) is 0. The number of rotatable bonds is 22. The predicted octanol–water partition coefficient (Wildman–Crippen LogP) is 7.52. The molecule has 0 N–H and O–H groups in total. The van der Waals surface area contributed by atoms with E-state index in [2.05, 4.69) is 41.5 Å². The quantitative estimate of drug-likeness (QED) is 0.171. The summed E-state index contributed by atoms with van der Waals surface area (Å²) in [5.41, 5.74) is 0. The molecule has 0 saturated carbocycles. The predicted molar refractivity (Wildman–Crippen MR) is 127 cm³/mol. The van der Waals surface area contributed by atoms with E-state index in [1.165, 1.54) is 51.4 Å². The second-order valence-electron chi connectivity index (χ2n) is 9.98. The summed E-state index contributed by atoms with van der Waals surface area (Å²) in [6.07, 6.45) is 12.5. The molecule has 0 fully saturated rings. The van der Waals surface area contributed by atoms with Gasteiger partial charge in [0.15, 0.2) is 0 Å². The molecule has 0 spiro atoms. The fourth-order valence-electron chi connectivity index (χ4n) is 3.44. The minimum absolute atomic E-state index is 0.785. The normalized spacial score (nSPS) is 14.1.